The Hall–Kier alpha value is -2.42. The Kier molecular flexibility index (Phi) is 3.34. The molecule has 0 saturated heterocycles. The Balaban J connectivity index is 1.93. The predicted octanol–water partition coefficient (Wildman–Crippen LogP) is 1.64. The lowest BCUT2D eigenvalue weighted by atomic mass is 9.91. The van der Waals surface area contributed by atoms with Crippen molar-refractivity contribution in [3.05, 3.63) is 24.1 Å². The van der Waals surface area contributed by atoms with E-state index >= 15 is 0 Å². The van der Waals surface area contributed by atoms with Crippen LogP contribution >= 0.6 is 0 Å². The van der Waals surface area contributed by atoms with E-state index in [1.807, 2.05) is 20.2 Å². The van der Waals surface area contributed by atoms with Crippen LogP contribution in [0.3, 0.4) is 0 Å². The molecule has 1 fully saturated rings. The Morgan fingerprint density at radius 2 is 2.14 bits per heavy atom. The van der Waals surface area contributed by atoms with Crippen molar-refractivity contribution in [1.29, 1.82) is 5.26 Å². The van der Waals surface area contributed by atoms with E-state index in [1.54, 1.807) is 4.90 Å². The molecule has 108 valence electrons. The molecular weight excluding hydrogens is 264 g/mol. The largest absolute Gasteiger partial charge is 0.368 e. The summed E-state index contributed by atoms with van der Waals surface area (Å²) in [5, 5.41) is 9.44. The summed E-state index contributed by atoms with van der Waals surface area (Å²) in [6.07, 6.45) is 8.85. The molecule has 0 radical (unpaired) electrons. The Bertz CT molecular complexity index is 655. The van der Waals surface area contributed by atoms with E-state index in [4.69, 9.17) is 5.73 Å². The number of rotatable bonds is 3. The van der Waals surface area contributed by atoms with Gasteiger partial charge in [-0.25, -0.2) is 0 Å². The fraction of sp³-hybridized carbons (Fsp3) is 0.467. The van der Waals surface area contributed by atoms with Gasteiger partial charge < -0.3 is 10.6 Å². The summed E-state index contributed by atoms with van der Waals surface area (Å²) in [5.74, 6) is 2.57. The number of allylic oxidation sites excluding steroid dienone is 4. The van der Waals surface area contributed by atoms with Gasteiger partial charge in [-0.3, -0.25) is 0 Å². The number of nitrogen functional groups attached to an aromatic ring is 1. The van der Waals surface area contributed by atoms with E-state index in [1.165, 1.54) is 6.42 Å². The first-order valence-corrected chi connectivity index (χ1v) is 7.06. The Morgan fingerprint density at radius 1 is 1.33 bits per heavy atom. The maximum atomic E-state index is 9.44. The van der Waals surface area contributed by atoms with Crippen molar-refractivity contribution in [2.75, 3.05) is 24.7 Å². The van der Waals surface area contributed by atoms with Crippen molar-refractivity contribution in [3.8, 4) is 6.07 Å². The Morgan fingerprint density at radius 3 is 2.71 bits per heavy atom. The molecule has 1 aromatic rings. The van der Waals surface area contributed by atoms with Crippen LogP contribution in [0.2, 0.25) is 0 Å². The second kappa shape index (κ2) is 5.17. The van der Waals surface area contributed by atoms with Crippen LogP contribution in [0.1, 0.15) is 18.7 Å². The van der Waals surface area contributed by atoms with E-state index in [2.05, 4.69) is 33.2 Å². The van der Waals surface area contributed by atoms with Gasteiger partial charge in [0.05, 0.1) is 5.57 Å². The quantitative estimate of drug-likeness (QED) is 0.669. The number of nitriles is 1. The molecular formula is C15H18N6. The van der Waals surface area contributed by atoms with Gasteiger partial charge in [0.15, 0.2) is 5.82 Å². The molecule has 1 heterocycles. The summed E-state index contributed by atoms with van der Waals surface area (Å²) in [5.41, 5.74) is 6.21. The van der Waals surface area contributed by atoms with Crippen LogP contribution in [0.15, 0.2) is 18.2 Å². The van der Waals surface area contributed by atoms with Crippen LogP contribution in [0.25, 0.3) is 5.57 Å². The molecule has 3 atom stereocenters. The molecule has 0 aliphatic heterocycles. The summed E-state index contributed by atoms with van der Waals surface area (Å²) in [6.45, 7) is 0. The molecule has 0 amide bonds. The lowest BCUT2D eigenvalue weighted by Crippen LogP contribution is -2.16. The van der Waals surface area contributed by atoms with Crippen molar-refractivity contribution in [3.63, 3.8) is 0 Å². The first-order valence-electron chi connectivity index (χ1n) is 7.06. The van der Waals surface area contributed by atoms with Crippen molar-refractivity contribution in [2.45, 2.75) is 12.8 Å². The van der Waals surface area contributed by atoms with Gasteiger partial charge in [0.1, 0.15) is 6.07 Å². The molecule has 0 spiro atoms. The van der Waals surface area contributed by atoms with E-state index in [0.717, 1.165) is 6.42 Å². The third-order valence-electron chi connectivity index (χ3n) is 4.11. The number of anilines is 2. The van der Waals surface area contributed by atoms with Gasteiger partial charge >= 0.3 is 0 Å². The molecule has 1 saturated carbocycles. The monoisotopic (exact) mass is 282 g/mol. The highest BCUT2D eigenvalue weighted by molar-refractivity contribution is 5.73. The number of nitrogens with two attached hydrogens (primary N) is 1. The molecule has 2 bridgehead atoms. The van der Waals surface area contributed by atoms with Gasteiger partial charge in [-0.05, 0) is 30.6 Å². The van der Waals surface area contributed by atoms with Crippen molar-refractivity contribution in [1.82, 2.24) is 15.0 Å². The number of nitrogens with zero attached hydrogens (tertiary/aromatic N) is 5. The maximum absolute atomic E-state index is 9.44. The van der Waals surface area contributed by atoms with Crippen LogP contribution in [0.4, 0.5) is 11.9 Å². The minimum Gasteiger partial charge on any atom is -0.368 e. The molecule has 6 nitrogen and oxygen atoms in total. The number of hydrogen-bond donors (Lipinski definition) is 1. The summed E-state index contributed by atoms with van der Waals surface area (Å²) < 4.78 is 0. The summed E-state index contributed by atoms with van der Waals surface area (Å²) in [6, 6.07) is 2.21. The minimum absolute atomic E-state index is 0.137. The molecule has 2 N–H and O–H groups in total. The standard InChI is InChI=1S/C15H18N6/c1-21(2)15-19-13(18-14(17)20-15)12(8-16)7-11-6-9-3-4-10(11)5-9/h3-4,7,9-11H,5-6H2,1-2H3,(H2,17,18,19,20). The molecule has 3 unspecified atom stereocenters. The lowest BCUT2D eigenvalue weighted by molar-refractivity contribution is 0.551. The Labute approximate surface area is 124 Å². The summed E-state index contributed by atoms with van der Waals surface area (Å²) in [7, 11) is 3.66. The van der Waals surface area contributed by atoms with Crippen LogP contribution in [-0.2, 0) is 0 Å². The predicted molar refractivity (Wildman–Crippen MR) is 81.0 cm³/mol. The summed E-state index contributed by atoms with van der Waals surface area (Å²) in [4.78, 5) is 14.2. The van der Waals surface area contributed by atoms with Crippen LogP contribution in [0, 0.1) is 29.1 Å². The number of aromatic nitrogens is 3. The lowest BCUT2D eigenvalue weighted by Gasteiger charge is -2.15. The molecule has 2 aliphatic carbocycles. The molecule has 6 heteroatoms. The average Bonchev–Trinajstić information content (AvgIpc) is 3.06. The zero-order valence-electron chi connectivity index (χ0n) is 12.2. The van der Waals surface area contributed by atoms with Crippen LogP contribution in [0.5, 0.6) is 0 Å². The zero-order valence-corrected chi connectivity index (χ0v) is 12.2. The molecule has 2 aliphatic rings. The highest BCUT2D eigenvalue weighted by Crippen LogP contribution is 2.44. The smallest absolute Gasteiger partial charge is 0.230 e. The van der Waals surface area contributed by atoms with Crippen molar-refractivity contribution in [2.24, 2.45) is 17.8 Å². The van der Waals surface area contributed by atoms with Gasteiger partial charge in [0.25, 0.3) is 0 Å². The maximum Gasteiger partial charge on any atom is 0.230 e. The van der Waals surface area contributed by atoms with Crippen molar-refractivity contribution >= 4 is 17.5 Å². The first kappa shape index (κ1) is 13.6. The normalized spacial score (nSPS) is 26.9. The average molecular weight is 282 g/mol. The zero-order chi connectivity index (χ0) is 15.0. The fourth-order valence-electron chi connectivity index (χ4n) is 3.09. The van der Waals surface area contributed by atoms with Crippen molar-refractivity contribution < 1.29 is 0 Å². The molecule has 21 heavy (non-hydrogen) atoms. The molecule has 0 aromatic carbocycles. The highest BCUT2D eigenvalue weighted by atomic mass is 15.3. The second-order valence-corrected chi connectivity index (χ2v) is 5.85. The van der Waals surface area contributed by atoms with E-state index in [9.17, 15) is 5.26 Å². The van der Waals surface area contributed by atoms with E-state index in [0.29, 0.717) is 35.1 Å². The van der Waals surface area contributed by atoms with Gasteiger partial charge in [-0.15, -0.1) is 0 Å². The third kappa shape index (κ3) is 2.59. The fourth-order valence-corrected chi connectivity index (χ4v) is 3.09. The first-order chi connectivity index (χ1) is 10.1. The molecule has 3 rings (SSSR count). The highest BCUT2D eigenvalue weighted by Gasteiger charge is 2.34. The minimum atomic E-state index is 0.137. The second-order valence-electron chi connectivity index (χ2n) is 5.85. The van der Waals surface area contributed by atoms with Gasteiger partial charge in [0.2, 0.25) is 11.9 Å². The van der Waals surface area contributed by atoms with E-state index in [-0.39, 0.29) is 5.95 Å². The molecule has 1 aromatic heterocycles. The van der Waals surface area contributed by atoms with Gasteiger partial charge in [-0.1, -0.05) is 18.2 Å². The summed E-state index contributed by atoms with van der Waals surface area (Å²) >= 11 is 0. The number of fused-ring (bicyclic) bond motifs is 2. The topological polar surface area (TPSA) is 91.7 Å². The van der Waals surface area contributed by atoms with E-state index < -0.39 is 0 Å². The number of hydrogen-bond acceptors (Lipinski definition) is 6. The third-order valence-corrected chi connectivity index (χ3v) is 4.11. The van der Waals surface area contributed by atoms with Crippen LogP contribution < -0.4 is 10.6 Å². The SMILES string of the molecule is CN(C)c1nc(N)nc(C(C#N)=CC2CC3C=CC2C3)n1. The van der Waals surface area contributed by atoms with Gasteiger partial charge in [-0.2, -0.15) is 20.2 Å². The van der Waals surface area contributed by atoms with Crippen LogP contribution in [-0.4, -0.2) is 29.0 Å². The van der Waals surface area contributed by atoms with Gasteiger partial charge in [0, 0.05) is 14.1 Å².